The highest BCUT2D eigenvalue weighted by molar-refractivity contribution is 6.11. The van der Waals surface area contributed by atoms with Gasteiger partial charge in [-0.05, 0) is 60.8 Å². The second-order valence-corrected chi connectivity index (χ2v) is 8.84. The molecule has 8 heteroatoms. The topological polar surface area (TPSA) is 83.0 Å². The van der Waals surface area contributed by atoms with E-state index in [9.17, 15) is 4.79 Å². The Hall–Kier alpha value is -3.39. The molecule has 4 aliphatic heterocycles. The molecule has 0 saturated carbocycles. The van der Waals surface area contributed by atoms with Gasteiger partial charge in [0.2, 0.25) is 0 Å². The molecule has 0 unspecified atom stereocenters. The first kappa shape index (κ1) is 20.2. The standard InChI is InChI=1S/C25H25N3O5/c1-30-19-8-15-7-16-13-32-24(29)23(16)22(18(15)9-20(19)31-2)17-10-26-25(27-11-17)33-21-12-28-5-3-14(21)4-6-28/h7-11,14,21H,3-6,12-13H2,1-2H3/t21-/m0/s1. The monoisotopic (exact) mass is 447 g/mol. The van der Waals surface area contributed by atoms with Crippen LogP contribution in [0.15, 0.2) is 30.6 Å². The second kappa shape index (κ2) is 7.88. The Balaban J connectivity index is 1.41. The van der Waals surface area contributed by atoms with Crippen molar-refractivity contribution >= 4 is 16.7 Å². The van der Waals surface area contributed by atoms with Crippen molar-refractivity contribution in [3.63, 3.8) is 0 Å². The van der Waals surface area contributed by atoms with Crippen LogP contribution in [0.1, 0.15) is 28.8 Å². The molecule has 0 aliphatic carbocycles. The van der Waals surface area contributed by atoms with E-state index in [1.807, 2.05) is 18.2 Å². The molecular formula is C25H25N3O5. The first-order valence-electron chi connectivity index (χ1n) is 11.2. The van der Waals surface area contributed by atoms with E-state index >= 15 is 0 Å². The van der Waals surface area contributed by atoms with Gasteiger partial charge in [-0.25, -0.2) is 14.8 Å². The number of rotatable bonds is 5. The summed E-state index contributed by atoms with van der Waals surface area (Å²) >= 11 is 0. The lowest BCUT2D eigenvalue weighted by Gasteiger charge is -2.43. The van der Waals surface area contributed by atoms with Crippen molar-refractivity contribution in [1.82, 2.24) is 14.9 Å². The van der Waals surface area contributed by atoms with Crippen molar-refractivity contribution in [3.8, 4) is 28.6 Å². The molecule has 7 rings (SSSR count). The van der Waals surface area contributed by atoms with Crippen LogP contribution in [0.3, 0.4) is 0 Å². The number of hydrogen-bond donors (Lipinski definition) is 0. The summed E-state index contributed by atoms with van der Waals surface area (Å²) in [7, 11) is 3.20. The molecule has 4 aliphatic rings. The zero-order valence-electron chi connectivity index (χ0n) is 18.7. The fourth-order valence-electron chi connectivity index (χ4n) is 5.33. The quantitative estimate of drug-likeness (QED) is 0.550. The molecule has 0 radical (unpaired) electrons. The molecule has 5 heterocycles. The third-order valence-electron chi connectivity index (χ3n) is 7.06. The zero-order valence-corrected chi connectivity index (χ0v) is 18.7. The number of carbonyl (C=O) groups is 1. The number of ether oxygens (including phenoxy) is 4. The van der Waals surface area contributed by atoms with Crippen LogP contribution in [0, 0.1) is 5.92 Å². The molecule has 3 fully saturated rings. The summed E-state index contributed by atoms with van der Waals surface area (Å²) in [5, 5.41) is 1.77. The van der Waals surface area contributed by atoms with E-state index in [0.29, 0.717) is 29.0 Å². The largest absolute Gasteiger partial charge is 0.493 e. The van der Waals surface area contributed by atoms with E-state index in [1.165, 1.54) is 0 Å². The predicted molar refractivity (Wildman–Crippen MR) is 121 cm³/mol. The smallest absolute Gasteiger partial charge is 0.339 e. The summed E-state index contributed by atoms with van der Waals surface area (Å²) in [5.41, 5.74) is 2.84. The molecule has 3 aromatic rings. The van der Waals surface area contributed by atoms with Crippen molar-refractivity contribution < 1.29 is 23.7 Å². The number of cyclic esters (lactones) is 1. The van der Waals surface area contributed by atoms with Crippen LogP contribution >= 0.6 is 0 Å². The van der Waals surface area contributed by atoms with Gasteiger partial charge in [0.15, 0.2) is 11.5 Å². The van der Waals surface area contributed by atoms with Gasteiger partial charge >= 0.3 is 12.0 Å². The highest BCUT2D eigenvalue weighted by Crippen LogP contribution is 2.42. The Morgan fingerprint density at radius 3 is 2.39 bits per heavy atom. The lowest BCUT2D eigenvalue weighted by Crippen LogP contribution is -2.52. The van der Waals surface area contributed by atoms with Crippen LogP contribution in [0.5, 0.6) is 17.5 Å². The number of aromatic nitrogens is 2. The summed E-state index contributed by atoms with van der Waals surface area (Å²) in [6, 6.07) is 6.13. The number of benzene rings is 2. The van der Waals surface area contributed by atoms with E-state index < -0.39 is 0 Å². The Labute approximate surface area is 191 Å². The lowest BCUT2D eigenvalue weighted by molar-refractivity contribution is -0.0123. The average Bonchev–Trinajstić information content (AvgIpc) is 3.23. The van der Waals surface area contributed by atoms with Gasteiger partial charge in [-0.1, -0.05) is 0 Å². The summed E-state index contributed by atoms with van der Waals surface area (Å²) in [4.78, 5) is 24.1. The fourth-order valence-corrected chi connectivity index (χ4v) is 5.33. The molecule has 1 aromatic heterocycles. The van der Waals surface area contributed by atoms with Crippen molar-refractivity contribution in [2.24, 2.45) is 5.92 Å². The molecule has 1 atom stereocenters. The molecule has 0 amide bonds. The Morgan fingerprint density at radius 2 is 1.73 bits per heavy atom. The van der Waals surface area contributed by atoms with Crippen molar-refractivity contribution in [2.75, 3.05) is 33.9 Å². The maximum atomic E-state index is 12.6. The van der Waals surface area contributed by atoms with Gasteiger partial charge in [-0.3, -0.25) is 4.90 Å². The van der Waals surface area contributed by atoms with Crippen molar-refractivity contribution in [2.45, 2.75) is 25.6 Å². The number of nitrogens with zero attached hydrogens (tertiary/aromatic N) is 3. The van der Waals surface area contributed by atoms with Gasteiger partial charge in [0.1, 0.15) is 12.7 Å². The van der Waals surface area contributed by atoms with Gasteiger partial charge in [-0.15, -0.1) is 0 Å². The highest BCUT2D eigenvalue weighted by Gasteiger charge is 2.36. The van der Waals surface area contributed by atoms with E-state index in [-0.39, 0.29) is 18.7 Å². The number of carbonyl (C=O) groups excluding carboxylic acids is 1. The first-order chi connectivity index (χ1) is 16.1. The van der Waals surface area contributed by atoms with Crippen molar-refractivity contribution in [1.29, 1.82) is 0 Å². The Bertz CT molecular complexity index is 1240. The maximum Gasteiger partial charge on any atom is 0.339 e. The lowest BCUT2D eigenvalue weighted by atomic mass is 9.86. The zero-order chi connectivity index (χ0) is 22.5. The Morgan fingerprint density at radius 1 is 1.00 bits per heavy atom. The van der Waals surface area contributed by atoms with Gasteiger partial charge in [0.25, 0.3) is 0 Å². The van der Waals surface area contributed by atoms with Gasteiger partial charge in [-0.2, -0.15) is 0 Å². The van der Waals surface area contributed by atoms with Gasteiger partial charge in [0, 0.05) is 35.6 Å². The van der Waals surface area contributed by atoms with Crippen LogP contribution < -0.4 is 14.2 Å². The fraction of sp³-hybridized carbons (Fsp3) is 0.400. The van der Waals surface area contributed by atoms with Gasteiger partial charge in [0.05, 0.1) is 19.8 Å². The molecule has 170 valence electrons. The summed E-state index contributed by atoms with van der Waals surface area (Å²) < 4.78 is 22.5. The van der Waals surface area contributed by atoms with Crippen LogP contribution in [0.25, 0.3) is 21.9 Å². The minimum absolute atomic E-state index is 0.131. The number of methoxy groups -OCH3 is 2. The molecular weight excluding hydrogens is 422 g/mol. The molecule has 0 spiro atoms. The average molecular weight is 447 g/mol. The third kappa shape index (κ3) is 3.36. The molecule has 2 aromatic carbocycles. The number of hydrogen-bond acceptors (Lipinski definition) is 8. The van der Waals surface area contributed by atoms with Crippen LogP contribution in [-0.4, -0.2) is 60.8 Å². The van der Waals surface area contributed by atoms with Crippen molar-refractivity contribution in [3.05, 3.63) is 41.7 Å². The minimum Gasteiger partial charge on any atom is -0.493 e. The van der Waals surface area contributed by atoms with Gasteiger partial charge < -0.3 is 18.9 Å². The predicted octanol–water partition coefficient (Wildman–Crippen LogP) is 3.46. The van der Waals surface area contributed by atoms with Crippen LogP contribution in [0.2, 0.25) is 0 Å². The van der Waals surface area contributed by atoms with E-state index in [0.717, 1.165) is 59.9 Å². The van der Waals surface area contributed by atoms with E-state index in [4.69, 9.17) is 18.9 Å². The number of piperidine rings is 3. The SMILES string of the molecule is COc1cc2cc3c(c(-c4cnc(O[C@H]5CN6CCC5CC6)nc4)c2cc1OC)C(=O)OC3. The maximum absolute atomic E-state index is 12.6. The van der Waals surface area contributed by atoms with Crippen LogP contribution in [-0.2, 0) is 11.3 Å². The number of esters is 1. The normalized spacial score (nSPS) is 23.3. The number of fused-ring (bicyclic) bond motifs is 5. The molecule has 8 nitrogen and oxygen atoms in total. The van der Waals surface area contributed by atoms with E-state index in [2.05, 4.69) is 14.9 Å². The highest BCUT2D eigenvalue weighted by atomic mass is 16.5. The molecule has 3 saturated heterocycles. The molecule has 0 N–H and O–H groups in total. The van der Waals surface area contributed by atoms with E-state index in [1.54, 1.807) is 26.6 Å². The second-order valence-electron chi connectivity index (χ2n) is 8.84. The van der Waals surface area contributed by atoms with Crippen LogP contribution in [0.4, 0.5) is 0 Å². The molecule has 33 heavy (non-hydrogen) atoms. The summed E-state index contributed by atoms with van der Waals surface area (Å²) in [5.74, 6) is 1.43. The first-order valence-corrected chi connectivity index (χ1v) is 11.2. The molecule has 2 bridgehead atoms. The third-order valence-corrected chi connectivity index (χ3v) is 7.06. The Kier molecular flexibility index (Phi) is 4.83. The summed E-state index contributed by atoms with van der Waals surface area (Å²) in [6.07, 6.45) is 5.91. The summed E-state index contributed by atoms with van der Waals surface area (Å²) in [6.45, 7) is 3.48. The minimum atomic E-state index is -0.343.